The lowest BCUT2D eigenvalue weighted by Crippen LogP contribution is -2.20. The van der Waals surface area contributed by atoms with Crippen LogP contribution in [0.4, 0.5) is 0 Å². The van der Waals surface area contributed by atoms with Crippen molar-refractivity contribution >= 4 is 27.3 Å². The number of aryl methyl sites for hydroxylation is 1. The van der Waals surface area contributed by atoms with E-state index in [4.69, 9.17) is 0 Å². The van der Waals surface area contributed by atoms with Crippen LogP contribution in [0.3, 0.4) is 0 Å². The van der Waals surface area contributed by atoms with E-state index >= 15 is 0 Å². The van der Waals surface area contributed by atoms with Crippen molar-refractivity contribution in [3.05, 3.63) is 34.7 Å². The largest absolute Gasteiger partial charge is 0.344 e. The van der Waals surface area contributed by atoms with Gasteiger partial charge in [0.05, 0.1) is 4.88 Å². The Balaban J connectivity index is 2.47. The fourth-order valence-electron chi connectivity index (χ4n) is 1.64. The molecule has 1 aromatic heterocycles. The van der Waals surface area contributed by atoms with Gasteiger partial charge in [-0.15, -0.1) is 11.3 Å². The molecule has 0 radical (unpaired) electrons. The van der Waals surface area contributed by atoms with Crippen LogP contribution in [-0.2, 0) is 6.42 Å². The van der Waals surface area contributed by atoms with Gasteiger partial charge in [0, 0.05) is 18.8 Å². The predicted octanol–water partition coefficient (Wildman–Crippen LogP) is 3.17. The molecular formula is C13H15NOS. The first-order valence-electron chi connectivity index (χ1n) is 5.36. The van der Waals surface area contributed by atoms with E-state index in [0.29, 0.717) is 0 Å². The van der Waals surface area contributed by atoms with Gasteiger partial charge in [0.15, 0.2) is 0 Å². The van der Waals surface area contributed by atoms with E-state index in [1.807, 2.05) is 6.07 Å². The summed E-state index contributed by atoms with van der Waals surface area (Å²) in [5.74, 6) is 0.0826. The lowest BCUT2D eigenvalue weighted by molar-refractivity contribution is 0.0832. The van der Waals surface area contributed by atoms with Crippen molar-refractivity contribution in [1.29, 1.82) is 0 Å². The average molecular weight is 233 g/mol. The van der Waals surface area contributed by atoms with Gasteiger partial charge in [-0.2, -0.15) is 0 Å². The monoisotopic (exact) mass is 233 g/mol. The number of carbonyl (C=O) groups is 1. The Morgan fingerprint density at radius 3 is 2.69 bits per heavy atom. The van der Waals surface area contributed by atoms with Gasteiger partial charge in [-0.1, -0.05) is 19.1 Å². The zero-order valence-corrected chi connectivity index (χ0v) is 10.6. The Morgan fingerprint density at radius 2 is 2.06 bits per heavy atom. The third kappa shape index (κ3) is 1.95. The number of benzene rings is 1. The summed E-state index contributed by atoms with van der Waals surface area (Å²) in [5, 5.41) is 1.18. The van der Waals surface area contributed by atoms with Crippen LogP contribution in [0.25, 0.3) is 10.1 Å². The molecule has 0 aliphatic carbocycles. The van der Waals surface area contributed by atoms with Crippen molar-refractivity contribution in [1.82, 2.24) is 4.90 Å². The summed E-state index contributed by atoms with van der Waals surface area (Å²) in [7, 11) is 3.56. The molecule has 2 rings (SSSR count). The van der Waals surface area contributed by atoms with Gasteiger partial charge in [0.2, 0.25) is 0 Å². The molecule has 2 nitrogen and oxygen atoms in total. The van der Waals surface area contributed by atoms with Crippen molar-refractivity contribution in [2.75, 3.05) is 14.1 Å². The van der Waals surface area contributed by atoms with E-state index in [1.165, 1.54) is 15.6 Å². The average Bonchev–Trinajstić information content (AvgIpc) is 2.69. The summed E-state index contributed by atoms with van der Waals surface area (Å²) >= 11 is 1.56. The van der Waals surface area contributed by atoms with Gasteiger partial charge in [-0.3, -0.25) is 4.79 Å². The minimum Gasteiger partial charge on any atom is -0.344 e. The van der Waals surface area contributed by atoms with E-state index in [0.717, 1.165) is 11.3 Å². The maximum absolute atomic E-state index is 11.8. The summed E-state index contributed by atoms with van der Waals surface area (Å²) in [6.45, 7) is 2.14. The second kappa shape index (κ2) is 4.26. The molecule has 3 heteroatoms. The minimum absolute atomic E-state index is 0.0826. The molecule has 2 aromatic rings. The molecule has 0 atom stereocenters. The Kier molecular flexibility index (Phi) is 2.97. The predicted molar refractivity (Wildman–Crippen MR) is 69.2 cm³/mol. The van der Waals surface area contributed by atoms with Crippen LogP contribution in [-0.4, -0.2) is 24.9 Å². The number of rotatable bonds is 2. The molecule has 0 spiro atoms. The Bertz CT molecular complexity index is 528. The van der Waals surface area contributed by atoms with Crippen LogP contribution >= 0.6 is 11.3 Å². The van der Waals surface area contributed by atoms with Crippen LogP contribution in [0.1, 0.15) is 22.2 Å². The molecule has 1 heterocycles. The quantitative estimate of drug-likeness (QED) is 0.780. The van der Waals surface area contributed by atoms with Gasteiger partial charge in [-0.25, -0.2) is 0 Å². The van der Waals surface area contributed by atoms with Gasteiger partial charge in [0.1, 0.15) is 0 Å². The molecule has 0 unspecified atom stereocenters. The lowest BCUT2D eigenvalue weighted by atomic mass is 10.1. The lowest BCUT2D eigenvalue weighted by Gasteiger charge is -2.06. The van der Waals surface area contributed by atoms with Crippen molar-refractivity contribution in [3.8, 4) is 0 Å². The molecule has 0 bridgehead atoms. The molecule has 1 aromatic carbocycles. The number of hydrogen-bond acceptors (Lipinski definition) is 2. The first kappa shape index (κ1) is 11.1. The maximum Gasteiger partial charge on any atom is 0.263 e. The second-order valence-electron chi connectivity index (χ2n) is 4.04. The fraction of sp³-hybridized carbons (Fsp3) is 0.308. The number of thiophene rings is 1. The highest BCUT2D eigenvalue weighted by Gasteiger charge is 2.11. The SMILES string of the molecule is CCc1ccc2sc(C(=O)N(C)C)cc2c1. The number of nitrogens with zero attached hydrogens (tertiary/aromatic N) is 1. The van der Waals surface area contributed by atoms with Crippen molar-refractivity contribution in [2.24, 2.45) is 0 Å². The van der Waals surface area contributed by atoms with Gasteiger partial charge in [-0.05, 0) is 29.5 Å². The fourth-order valence-corrected chi connectivity index (χ4v) is 2.70. The molecule has 0 aliphatic rings. The van der Waals surface area contributed by atoms with Crippen molar-refractivity contribution in [2.45, 2.75) is 13.3 Å². The molecule has 0 saturated carbocycles. The minimum atomic E-state index is 0.0826. The third-order valence-electron chi connectivity index (χ3n) is 2.61. The van der Waals surface area contributed by atoms with Crippen molar-refractivity contribution < 1.29 is 4.79 Å². The van der Waals surface area contributed by atoms with Gasteiger partial charge >= 0.3 is 0 Å². The van der Waals surface area contributed by atoms with Gasteiger partial charge in [0.25, 0.3) is 5.91 Å². The van der Waals surface area contributed by atoms with E-state index in [2.05, 4.69) is 25.1 Å². The summed E-state index contributed by atoms with van der Waals surface area (Å²) in [4.78, 5) is 14.2. The Morgan fingerprint density at radius 1 is 1.31 bits per heavy atom. The first-order chi connectivity index (χ1) is 7.61. The zero-order valence-electron chi connectivity index (χ0n) is 9.78. The van der Waals surface area contributed by atoms with Crippen LogP contribution in [0.5, 0.6) is 0 Å². The third-order valence-corrected chi connectivity index (χ3v) is 3.71. The highest BCUT2D eigenvalue weighted by Crippen LogP contribution is 2.27. The molecule has 0 saturated heterocycles. The van der Waals surface area contributed by atoms with Crippen molar-refractivity contribution in [3.63, 3.8) is 0 Å². The highest BCUT2D eigenvalue weighted by atomic mass is 32.1. The topological polar surface area (TPSA) is 20.3 Å². The normalized spacial score (nSPS) is 10.7. The number of amides is 1. The first-order valence-corrected chi connectivity index (χ1v) is 6.17. The number of hydrogen-bond donors (Lipinski definition) is 0. The second-order valence-corrected chi connectivity index (χ2v) is 5.12. The van der Waals surface area contributed by atoms with Crippen LogP contribution < -0.4 is 0 Å². The van der Waals surface area contributed by atoms with E-state index < -0.39 is 0 Å². The summed E-state index contributed by atoms with van der Waals surface area (Å²) in [5.41, 5.74) is 1.31. The highest BCUT2D eigenvalue weighted by molar-refractivity contribution is 7.20. The maximum atomic E-state index is 11.8. The van der Waals surface area contributed by atoms with Crippen LogP contribution in [0.2, 0.25) is 0 Å². The Hall–Kier alpha value is -1.35. The summed E-state index contributed by atoms with van der Waals surface area (Å²) in [6.07, 6.45) is 1.03. The standard InChI is InChI=1S/C13H15NOS/c1-4-9-5-6-11-10(7-9)8-12(16-11)13(15)14(2)3/h5-8H,4H2,1-3H3. The molecule has 16 heavy (non-hydrogen) atoms. The molecule has 0 fully saturated rings. The smallest absolute Gasteiger partial charge is 0.263 e. The molecule has 84 valence electrons. The van der Waals surface area contributed by atoms with E-state index in [9.17, 15) is 4.79 Å². The van der Waals surface area contributed by atoms with Crippen LogP contribution in [0.15, 0.2) is 24.3 Å². The number of carbonyl (C=O) groups excluding carboxylic acids is 1. The zero-order chi connectivity index (χ0) is 11.7. The number of fused-ring (bicyclic) bond motifs is 1. The Labute approximate surface area is 99.5 Å². The molecular weight excluding hydrogens is 218 g/mol. The summed E-state index contributed by atoms with van der Waals surface area (Å²) < 4.78 is 1.18. The molecule has 1 amide bonds. The van der Waals surface area contributed by atoms with Gasteiger partial charge < -0.3 is 4.90 Å². The molecule has 0 N–H and O–H groups in total. The molecule has 0 aliphatic heterocycles. The summed E-state index contributed by atoms with van der Waals surface area (Å²) in [6, 6.07) is 8.38. The van der Waals surface area contributed by atoms with E-state index in [-0.39, 0.29) is 5.91 Å². The van der Waals surface area contributed by atoms with Crippen LogP contribution in [0, 0.1) is 0 Å². The van der Waals surface area contributed by atoms with E-state index in [1.54, 1.807) is 30.3 Å².